The fraction of sp³-hybridized carbons (Fsp3) is 0.500. The molecular formula is C14H17BrFNO2. The zero-order valence-corrected chi connectivity index (χ0v) is 12.6. The lowest BCUT2D eigenvalue weighted by molar-refractivity contribution is -0.146. The fourth-order valence-corrected chi connectivity index (χ4v) is 2.96. The van der Waals surface area contributed by atoms with Crippen LogP contribution in [0.4, 0.5) is 4.39 Å². The molecule has 0 aliphatic carbocycles. The number of nitrogens with zero attached hydrogens (tertiary/aromatic N) is 1. The third-order valence-corrected chi connectivity index (χ3v) is 4.51. The van der Waals surface area contributed by atoms with Gasteiger partial charge in [-0.2, -0.15) is 0 Å². The number of halogens is 2. The number of rotatable bonds is 3. The van der Waals surface area contributed by atoms with Gasteiger partial charge >= 0.3 is 5.97 Å². The van der Waals surface area contributed by atoms with E-state index in [9.17, 15) is 9.18 Å². The highest BCUT2D eigenvalue weighted by molar-refractivity contribution is 9.10. The van der Waals surface area contributed by atoms with Crippen LogP contribution in [0.3, 0.4) is 0 Å². The SMILES string of the molecule is COC(=O)C1CN(Cc2cccc(F)c2Br)CC1C. The van der Waals surface area contributed by atoms with Gasteiger partial charge in [-0.15, -0.1) is 0 Å². The van der Waals surface area contributed by atoms with Gasteiger partial charge in [0, 0.05) is 19.6 Å². The van der Waals surface area contributed by atoms with E-state index in [-0.39, 0.29) is 23.6 Å². The normalized spacial score (nSPS) is 23.6. The predicted molar refractivity (Wildman–Crippen MR) is 74.0 cm³/mol. The number of likely N-dealkylation sites (tertiary alicyclic amines) is 1. The summed E-state index contributed by atoms with van der Waals surface area (Å²) < 4.78 is 18.8. The van der Waals surface area contributed by atoms with Crippen LogP contribution in [0, 0.1) is 17.7 Å². The highest BCUT2D eigenvalue weighted by atomic mass is 79.9. The van der Waals surface area contributed by atoms with E-state index >= 15 is 0 Å². The van der Waals surface area contributed by atoms with Gasteiger partial charge in [-0.1, -0.05) is 19.1 Å². The van der Waals surface area contributed by atoms with E-state index in [1.807, 2.05) is 13.0 Å². The summed E-state index contributed by atoms with van der Waals surface area (Å²) in [6.07, 6.45) is 0. The van der Waals surface area contributed by atoms with Crippen molar-refractivity contribution in [3.63, 3.8) is 0 Å². The molecule has 1 aromatic carbocycles. The molecule has 2 unspecified atom stereocenters. The number of methoxy groups -OCH3 is 1. The molecule has 1 aliphatic rings. The lowest BCUT2D eigenvalue weighted by Crippen LogP contribution is -2.24. The van der Waals surface area contributed by atoms with Crippen LogP contribution >= 0.6 is 15.9 Å². The van der Waals surface area contributed by atoms with E-state index < -0.39 is 0 Å². The van der Waals surface area contributed by atoms with Gasteiger partial charge < -0.3 is 4.74 Å². The molecule has 0 spiro atoms. The first-order chi connectivity index (χ1) is 9.02. The van der Waals surface area contributed by atoms with Gasteiger partial charge in [0.15, 0.2) is 0 Å². The molecule has 2 rings (SSSR count). The average molecular weight is 330 g/mol. The van der Waals surface area contributed by atoms with Crippen LogP contribution in [-0.4, -0.2) is 31.1 Å². The number of hydrogen-bond acceptors (Lipinski definition) is 3. The Morgan fingerprint density at radius 2 is 2.26 bits per heavy atom. The highest BCUT2D eigenvalue weighted by Gasteiger charge is 2.35. The largest absolute Gasteiger partial charge is 0.469 e. The van der Waals surface area contributed by atoms with E-state index in [0.29, 0.717) is 17.6 Å². The zero-order chi connectivity index (χ0) is 14.0. The number of hydrogen-bond donors (Lipinski definition) is 0. The van der Waals surface area contributed by atoms with Crippen molar-refractivity contribution >= 4 is 21.9 Å². The number of carbonyl (C=O) groups excluding carboxylic acids is 1. The van der Waals surface area contributed by atoms with Gasteiger partial charge in [-0.25, -0.2) is 4.39 Å². The fourth-order valence-electron chi connectivity index (χ4n) is 2.57. The second-order valence-electron chi connectivity index (χ2n) is 5.01. The Bertz CT molecular complexity index is 481. The molecule has 0 aromatic heterocycles. The van der Waals surface area contributed by atoms with Crippen molar-refractivity contribution in [3.05, 3.63) is 34.1 Å². The van der Waals surface area contributed by atoms with E-state index in [2.05, 4.69) is 20.8 Å². The monoisotopic (exact) mass is 329 g/mol. The molecule has 3 nitrogen and oxygen atoms in total. The molecule has 0 amide bonds. The van der Waals surface area contributed by atoms with Crippen LogP contribution in [0.25, 0.3) is 0 Å². The van der Waals surface area contributed by atoms with Crippen molar-refractivity contribution < 1.29 is 13.9 Å². The Morgan fingerprint density at radius 1 is 1.53 bits per heavy atom. The molecule has 0 radical (unpaired) electrons. The molecule has 5 heteroatoms. The van der Waals surface area contributed by atoms with Crippen molar-refractivity contribution in [2.24, 2.45) is 11.8 Å². The van der Waals surface area contributed by atoms with Gasteiger partial charge in [0.1, 0.15) is 5.82 Å². The van der Waals surface area contributed by atoms with Crippen LogP contribution in [0.2, 0.25) is 0 Å². The first-order valence-corrected chi connectivity index (χ1v) is 7.05. The molecule has 0 saturated carbocycles. The molecular weight excluding hydrogens is 313 g/mol. The van der Waals surface area contributed by atoms with Crippen LogP contribution in [0.5, 0.6) is 0 Å². The molecule has 2 atom stereocenters. The van der Waals surface area contributed by atoms with E-state index in [4.69, 9.17) is 4.74 Å². The summed E-state index contributed by atoms with van der Waals surface area (Å²) in [5.74, 6) is -0.236. The van der Waals surface area contributed by atoms with Crippen molar-refractivity contribution in [3.8, 4) is 0 Å². The van der Waals surface area contributed by atoms with Crippen LogP contribution in [0.1, 0.15) is 12.5 Å². The smallest absolute Gasteiger partial charge is 0.310 e. The van der Waals surface area contributed by atoms with Crippen molar-refractivity contribution in [1.82, 2.24) is 4.90 Å². The van der Waals surface area contributed by atoms with Gasteiger partial charge in [-0.3, -0.25) is 9.69 Å². The minimum atomic E-state index is -0.255. The molecule has 19 heavy (non-hydrogen) atoms. The maximum Gasteiger partial charge on any atom is 0.310 e. The van der Waals surface area contributed by atoms with Crippen molar-refractivity contribution in [2.75, 3.05) is 20.2 Å². The number of benzene rings is 1. The molecule has 1 fully saturated rings. The van der Waals surface area contributed by atoms with Gasteiger partial charge in [0.25, 0.3) is 0 Å². The Labute approximate surface area is 120 Å². The topological polar surface area (TPSA) is 29.5 Å². The third kappa shape index (κ3) is 3.15. The van der Waals surface area contributed by atoms with Crippen LogP contribution in [-0.2, 0) is 16.1 Å². The highest BCUT2D eigenvalue weighted by Crippen LogP contribution is 2.28. The van der Waals surface area contributed by atoms with E-state index in [1.54, 1.807) is 6.07 Å². The zero-order valence-electron chi connectivity index (χ0n) is 11.0. The second-order valence-corrected chi connectivity index (χ2v) is 5.81. The average Bonchev–Trinajstić information content (AvgIpc) is 2.75. The van der Waals surface area contributed by atoms with Gasteiger partial charge in [0.05, 0.1) is 17.5 Å². The van der Waals surface area contributed by atoms with Gasteiger partial charge in [0.2, 0.25) is 0 Å². The number of carbonyl (C=O) groups is 1. The first kappa shape index (κ1) is 14.5. The summed E-state index contributed by atoms with van der Waals surface area (Å²) in [5, 5.41) is 0. The maximum atomic E-state index is 13.4. The first-order valence-electron chi connectivity index (χ1n) is 6.26. The van der Waals surface area contributed by atoms with Crippen molar-refractivity contribution in [1.29, 1.82) is 0 Å². The number of ether oxygens (including phenoxy) is 1. The summed E-state index contributed by atoms with van der Waals surface area (Å²) in [5.41, 5.74) is 0.901. The molecule has 1 heterocycles. The quantitative estimate of drug-likeness (QED) is 0.798. The standard InChI is InChI=1S/C14H17BrFNO2/c1-9-6-17(8-11(9)14(18)19-2)7-10-4-3-5-12(16)13(10)15/h3-5,9,11H,6-8H2,1-2H3. The molecule has 104 valence electrons. The van der Waals surface area contributed by atoms with Crippen LogP contribution < -0.4 is 0 Å². The summed E-state index contributed by atoms with van der Waals surface area (Å²) in [4.78, 5) is 13.8. The maximum absolute atomic E-state index is 13.4. The summed E-state index contributed by atoms with van der Waals surface area (Å²) in [6.45, 7) is 4.16. The lowest BCUT2D eigenvalue weighted by Gasteiger charge is -2.16. The summed E-state index contributed by atoms with van der Waals surface area (Å²) in [6, 6.07) is 5.02. The molecule has 0 bridgehead atoms. The Morgan fingerprint density at radius 3 is 2.95 bits per heavy atom. The Kier molecular flexibility index (Phi) is 4.58. The minimum Gasteiger partial charge on any atom is -0.469 e. The third-order valence-electron chi connectivity index (χ3n) is 3.62. The summed E-state index contributed by atoms with van der Waals surface area (Å²) in [7, 11) is 1.42. The molecule has 1 aromatic rings. The minimum absolute atomic E-state index is 0.0858. The predicted octanol–water partition coefficient (Wildman–Crippen LogP) is 2.83. The molecule has 1 saturated heterocycles. The van der Waals surface area contributed by atoms with Crippen molar-refractivity contribution in [2.45, 2.75) is 13.5 Å². The Hall–Kier alpha value is -0.940. The number of esters is 1. The second kappa shape index (κ2) is 6.01. The molecule has 0 N–H and O–H groups in total. The Balaban J connectivity index is 2.05. The summed E-state index contributed by atoms with van der Waals surface area (Å²) >= 11 is 3.27. The lowest BCUT2D eigenvalue weighted by atomic mass is 9.99. The van der Waals surface area contributed by atoms with E-state index in [0.717, 1.165) is 12.1 Å². The van der Waals surface area contributed by atoms with Gasteiger partial charge in [-0.05, 0) is 33.5 Å². The van der Waals surface area contributed by atoms with E-state index in [1.165, 1.54) is 13.2 Å². The molecule has 1 aliphatic heterocycles. The van der Waals surface area contributed by atoms with Crippen LogP contribution in [0.15, 0.2) is 22.7 Å².